The van der Waals surface area contributed by atoms with Gasteiger partial charge in [0.05, 0.1) is 0 Å². The van der Waals surface area contributed by atoms with Crippen molar-refractivity contribution in [3.63, 3.8) is 0 Å². The molecule has 0 amide bonds. The SMILES string of the molecule is CC1(C)CC(Oc2ccc(O)cc2)C1(C)C. The number of phenols is 1. The first-order valence-electron chi connectivity index (χ1n) is 5.79. The van der Waals surface area contributed by atoms with Crippen LogP contribution < -0.4 is 4.74 Å². The Labute approximate surface area is 97.3 Å². The Hall–Kier alpha value is -1.18. The van der Waals surface area contributed by atoms with E-state index in [0.717, 1.165) is 12.2 Å². The summed E-state index contributed by atoms with van der Waals surface area (Å²) in [5, 5.41) is 9.19. The largest absolute Gasteiger partial charge is 0.508 e. The average Bonchev–Trinajstić information content (AvgIpc) is 2.20. The molecule has 0 radical (unpaired) electrons. The molecule has 1 saturated carbocycles. The van der Waals surface area contributed by atoms with E-state index in [4.69, 9.17) is 4.74 Å². The van der Waals surface area contributed by atoms with Gasteiger partial charge in [-0.15, -0.1) is 0 Å². The molecular weight excluding hydrogens is 200 g/mol. The summed E-state index contributed by atoms with van der Waals surface area (Å²) in [6, 6.07) is 6.95. The summed E-state index contributed by atoms with van der Waals surface area (Å²) in [4.78, 5) is 0. The Morgan fingerprint density at radius 3 is 2.12 bits per heavy atom. The number of benzene rings is 1. The summed E-state index contributed by atoms with van der Waals surface area (Å²) >= 11 is 0. The van der Waals surface area contributed by atoms with Crippen LogP contribution >= 0.6 is 0 Å². The van der Waals surface area contributed by atoms with Gasteiger partial charge in [-0.2, -0.15) is 0 Å². The van der Waals surface area contributed by atoms with Crippen molar-refractivity contribution >= 4 is 0 Å². The molecule has 0 heterocycles. The van der Waals surface area contributed by atoms with E-state index in [2.05, 4.69) is 27.7 Å². The van der Waals surface area contributed by atoms with E-state index < -0.39 is 0 Å². The van der Waals surface area contributed by atoms with Crippen molar-refractivity contribution in [3.8, 4) is 11.5 Å². The second-order valence-electron chi connectivity index (χ2n) is 5.91. The zero-order chi connectivity index (χ0) is 12.0. The van der Waals surface area contributed by atoms with Gasteiger partial charge in [-0.3, -0.25) is 0 Å². The standard InChI is InChI=1S/C14H20O2/c1-13(2)9-12(14(13,3)4)16-11-7-5-10(15)6-8-11/h5-8,12,15H,9H2,1-4H3. The summed E-state index contributed by atoms with van der Waals surface area (Å²) in [6.07, 6.45) is 1.35. The number of phenolic OH excluding ortho intramolecular Hbond substituents is 1. The highest BCUT2D eigenvalue weighted by atomic mass is 16.5. The fourth-order valence-electron chi connectivity index (χ4n) is 2.16. The van der Waals surface area contributed by atoms with Gasteiger partial charge in [-0.05, 0) is 36.1 Å². The molecule has 1 aromatic carbocycles. The Morgan fingerprint density at radius 2 is 1.69 bits per heavy atom. The van der Waals surface area contributed by atoms with Gasteiger partial charge in [0.1, 0.15) is 17.6 Å². The Kier molecular flexibility index (Phi) is 2.41. The van der Waals surface area contributed by atoms with Crippen molar-refractivity contribution in [3.05, 3.63) is 24.3 Å². The van der Waals surface area contributed by atoms with Crippen LogP contribution in [0.2, 0.25) is 0 Å². The van der Waals surface area contributed by atoms with Gasteiger partial charge in [0.2, 0.25) is 0 Å². The van der Waals surface area contributed by atoms with E-state index in [9.17, 15) is 5.11 Å². The van der Waals surface area contributed by atoms with Crippen LogP contribution in [-0.2, 0) is 0 Å². The van der Waals surface area contributed by atoms with Crippen molar-refractivity contribution in [1.29, 1.82) is 0 Å². The van der Waals surface area contributed by atoms with Gasteiger partial charge >= 0.3 is 0 Å². The molecule has 0 spiro atoms. The lowest BCUT2D eigenvalue weighted by Gasteiger charge is -2.57. The smallest absolute Gasteiger partial charge is 0.120 e. The normalized spacial score (nSPS) is 25.9. The van der Waals surface area contributed by atoms with E-state index in [1.807, 2.05) is 12.1 Å². The molecule has 1 fully saturated rings. The third kappa shape index (κ3) is 1.66. The van der Waals surface area contributed by atoms with Crippen LogP contribution in [-0.4, -0.2) is 11.2 Å². The molecule has 2 heteroatoms. The first kappa shape index (κ1) is 11.3. The van der Waals surface area contributed by atoms with Crippen molar-refractivity contribution in [2.75, 3.05) is 0 Å². The van der Waals surface area contributed by atoms with Crippen LogP contribution in [0.5, 0.6) is 11.5 Å². The van der Waals surface area contributed by atoms with Crippen LogP contribution in [0.1, 0.15) is 34.1 Å². The minimum Gasteiger partial charge on any atom is -0.508 e. The summed E-state index contributed by atoms with van der Waals surface area (Å²) in [5.74, 6) is 1.12. The Bertz CT molecular complexity index is 376. The third-order valence-corrected chi connectivity index (χ3v) is 4.36. The zero-order valence-corrected chi connectivity index (χ0v) is 10.4. The zero-order valence-electron chi connectivity index (χ0n) is 10.4. The lowest BCUT2D eigenvalue weighted by atomic mass is 9.51. The summed E-state index contributed by atoms with van der Waals surface area (Å²) in [6.45, 7) is 9.07. The molecule has 1 unspecified atom stereocenters. The predicted molar refractivity (Wildman–Crippen MR) is 64.7 cm³/mol. The average molecular weight is 220 g/mol. The third-order valence-electron chi connectivity index (χ3n) is 4.36. The number of hydrogen-bond donors (Lipinski definition) is 1. The Balaban J connectivity index is 2.05. The van der Waals surface area contributed by atoms with Gasteiger partial charge in [-0.25, -0.2) is 0 Å². The maximum Gasteiger partial charge on any atom is 0.120 e. The molecule has 0 aromatic heterocycles. The lowest BCUT2D eigenvalue weighted by molar-refractivity contribution is -0.137. The van der Waals surface area contributed by atoms with Crippen molar-refractivity contribution in [1.82, 2.24) is 0 Å². The van der Waals surface area contributed by atoms with E-state index in [0.29, 0.717) is 5.41 Å². The number of ether oxygens (including phenoxy) is 1. The molecule has 1 aliphatic carbocycles. The van der Waals surface area contributed by atoms with Crippen molar-refractivity contribution < 1.29 is 9.84 Å². The van der Waals surface area contributed by atoms with Gasteiger partial charge in [-0.1, -0.05) is 27.7 Å². The molecule has 2 nitrogen and oxygen atoms in total. The van der Waals surface area contributed by atoms with Gasteiger partial charge in [0.15, 0.2) is 0 Å². The minimum atomic E-state index is 0.199. The maximum atomic E-state index is 9.19. The van der Waals surface area contributed by atoms with Crippen LogP contribution in [0.15, 0.2) is 24.3 Å². The Morgan fingerprint density at radius 1 is 1.12 bits per heavy atom. The number of hydrogen-bond acceptors (Lipinski definition) is 2. The summed E-state index contributed by atoms with van der Waals surface area (Å²) in [7, 11) is 0. The van der Waals surface area contributed by atoms with E-state index in [1.54, 1.807) is 12.1 Å². The number of rotatable bonds is 2. The lowest BCUT2D eigenvalue weighted by Crippen LogP contribution is -2.57. The second-order valence-corrected chi connectivity index (χ2v) is 5.91. The van der Waals surface area contributed by atoms with Gasteiger partial charge in [0, 0.05) is 5.41 Å². The number of aromatic hydroxyl groups is 1. The van der Waals surface area contributed by atoms with Crippen LogP contribution in [0.25, 0.3) is 0 Å². The molecule has 16 heavy (non-hydrogen) atoms. The maximum absolute atomic E-state index is 9.19. The van der Waals surface area contributed by atoms with E-state index in [-0.39, 0.29) is 17.3 Å². The summed E-state index contributed by atoms with van der Waals surface area (Å²) < 4.78 is 5.95. The topological polar surface area (TPSA) is 29.5 Å². The summed E-state index contributed by atoms with van der Waals surface area (Å²) in [5.41, 5.74) is 0.541. The quantitative estimate of drug-likeness (QED) is 0.825. The fourth-order valence-corrected chi connectivity index (χ4v) is 2.16. The molecule has 88 valence electrons. The van der Waals surface area contributed by atoms with E-state index >= 15 is 0 Å². The second kappa shape index (κ2) is 3.41. The van der Waals surface area contributed by atoms with Crippen molar-refractivity contribution in [2.24, 2.45) is 10.8 Å². The van der Waals surface area contributed by atoms with Crippen LogP contribution in [0, 0.1) is 10.8 Å². The first-order valence-corrected chi connectivity index (χ1v) is 5.79. The molecule has 0 aliphatic heterocycles. The molecule has 0 bridgehead atoms. The molecule has 2 rings (SSSR count). The van der Waals surface area contributed by atoms with Gasteiger partial charge < -0.3 is 9.84 Å². The molecular formula is C14H20O2. The van der Waals surface area contributed by atoms with E-state index in [1.165, 1.54) is 0 Å². The molecule has 1 atom stereocenters. The highest BCUT2D eigenvalue weighted by Gasteiger charge is 2.55. The highest BCUT2D eigenvalue weighted by molar-refractivity contribution is 5.30. The monoisotopic (exact) mass is 220 g/mol. The molecule has 1 aromatic rings. The molecule has 0 saturated heterocycles. The predicted octanol–water partition coefficient (Wildman–Crippen LogP) is 3.60. The van der Waals surface area contributed by atoms with Crippen LogP contribution in [0.4, 0.5) is 0 Å². The fraction of sp³-hybridized carbons (Fsp3) is 0.571. The molecule has 1 aliphatic rings. The molecule has 1 N–H and O–H groups in total. The van der Waals surface area contributed by atoms with Crippen molar-refractivity contribution in [2.45, 2.75) is 40.2 Å². The highest BCUT2D eigenvalue weighted by Crippen LogP contribution is 2.57. The van der Waals surface area contributed by atoms with Gasteiger partial charge in [0.25, 0.3) is 0 Å². The van der Waals surface area contributed by atoms with Crippen LogP contribution in [0.3, 0.4) is 0 Å². The minimum absolute atomic E-state index is 0.199. The first-order chi connectivity index (χ1) is 7.33.